The SMILES string of the molecule is Cc1ccc(-c2ccc(C#N)c(NN)n2)o1. The Balaban J connectivity index is 2.48. The van der Waals surface area contributed by atoms with E-state index in [1.165, 1.54) is 0 Å². The van der Waals surface area contributed by atoms with Crippen LogP contribution in [0.5, 0.6) is 0 Å². The standard InChI is InChI=1S/C11H10N4O/c1-7-2-5-10(16-7)9-4-3-8(6-12)11(14-9)15-13/h2-5H,13H2,1H3,(H,14,15). The number of hydrogen-bond donors (Lipinski definition) is 2. The van der Waals surface area contributed by atoms with E-state index in [4.69, 9.17) is 15.5 Å². The van der Waals surface area contributed by atoms with Gasteiger partial charge >= 0.3 is 0 Å². The molecular formula is C11H10N4O. The zero-order chi connectivity index (χ0) is 11.5. The van der Waals surface area contributed by atoms with Crippen molar-refractivity contribution in [3.8, 4) is 17.5 Å². The third kappa shape index (κ3) is 1.74. The third-order valence-electron chi connectivity index (χ3n) is 2.15. The summed E-state index contributed by atoms with van der Waals surface area (Å²) in [5.41, 5.74) is 3.42. The first-order valence-electron chi connectivity index (χ1n) is 4.69. The third-order valence-corrected chi connectivity index (χ3v) is 2.15. The van der Waals surface area contributed by atoms with Crippen molar-refractivity contribution in [3.63, 3.8) is 0 Å². The van der Waals surface area contributed by atoms with Gasteiger partial charge in [-0.05, 0) is 31.2 Å². The van der Waals surface area contributed by atoms with Crippen molar-refractivity contribution < 1.29 is 4.42 Å². The minimum Gasteiger partial charge on any atom is -0.460 e. The Morgan fingerprint density at radius 1 is 1.38 bits per heavy atom. The Hall–Kier alpha value is -2.32. The average Bonchev–Trinajstić information content (AvgIpc) is 2.75. The number of nitriles is 1. The van der Waals surface area contributed by atoms with Crippen LogP contribution in [-0.4, -0.2) is 4.98 Å². The first-order valence-corrected chi connectivity index (χ1v) is 4.69. The van der Waals surface area contributed by atoms with Gasteiger partial charge in [0.15, 0.2) is 11.6 Å². The van der Waals surface area contributed by atoms with Crippen LogP contribution in [0.25, 0.3) is 11.5 Å². The smallest absolute Gasteiger partial charge is 0.158 e. The Kier molecular flexibility index (Phi) is 2.58. The van der Waals surface area contributed by atoms with Gasteiger partial charge < -0.3 is 9.84 Å². The maximum Gasteiger partial charge on any atom is 0.158 e. The quantitative estimate of drug-likeness (QED) is 0.588. The van der Waals surface area contributed by atoms with E-state index < -0.39 is 0 Å². The maximum atomic E-state index is 8.81. The molecule has 0 radical (unpaired) electrons. The summed E-state index contributed by atoms with van der Waals surface area (Å²) < 4.78 is 5.43. The second-order valence-electron chi connectivity index (χ2n) is 3.26. The Bertz CT molecular complexity index is 553. The normalized spacial score (nSPS) is 9.81. The number of rotatable bonds is 2. The predicted molar refractivity (Wildman–Crippen MR) is 59.2 cm³/mol. The number of nitrogens with zero attached hydrogens (tertiary/aromatic N) is 2. The molecule has 0 saturated heterocycles. The minimum absolute atomic E-state index is 0.342. The van der Waals surface area contributed by atoms with E-state index in [0.29, 0.717) is 22.8 Å². The van der Waals surface area contributed by atoms with Gasteiger partial charge in [-0.25, -0.2) is 10.8 Å². The highest BCUT2D eigenvalue weighted by molar-refractivity contribution is 5.60. The van der Waals surface area contributed by atoms with Gasteiger partial charge in [-0.1, -0.05) is 0 Å². The molecule has 5 nitrogen and oxygen atoms in total. The zero-order valence-corrected chi connectivity index (χ0v) is 8.69. The number of nitrogens with two attached hydrogens (primary N) is 1. The fraction of sp³-hybridized carbons (Fsp3) is 0.0909. The van der Waals surface area contributed by atoms with Crippen molar-refractivity contribution in [2.45, 2.75) is 6.92 Å². The Morgan fingerprint density at radius 3 is 2.75 bits per heavy atom. The van der Waals surface area contributed by atoms with Crippen LogP contribution in [0.3, 0.4) is 0 Å². The van der Waals surface area contributed by atoms with Crippen LogP contribution >= 0.6 is 0 Å². The number of pyridine rings is 1. The van der Waals surface area contributed by atoms with E-state index in [0.717, 1.165) is 5.76 Å². The highest BCUT2D eigenvalue weighted by Crippen LogP contribution is 2.22. The van der Waals surface area contributed by atoms with Gasteiger partial charge in [0.2, 0.25) is 0 Å². The van der Waals surface area contributed by atoms with Crippen molar-refractivity contribution in [3.05, 3.63) is 35.6 Å². The minimum atomic E-state index is 0.342. The van der Waals surface area contributed by atoms with Gasteiger partial charge in [0, 0.05) is 0 Å². The van der Waals surface area contributed by atoms with Crippen LogP contribution in [0.1, 0.15) is 11.3 Å². The van der Waals surface area contributed by atoms with Crippen LogP contribution < -0.4 is 11.3 Å². The van der Waals surface area contributed by atoms with Crippen molar-refractivity contribution in [1.29, 1.82) is 5.26 Å². The van der Waals surface area contributed by atoms with Crippen LogP contribution in [0.2, 0.25) is 0 Å². The van der Waals surface area contributed by atoms with E-state index in [1.807, 2.05) is 25.1 Å². The molecule has 0 amide bonds. The number of aromatic nitrogens is 1. The second kappa shape index (κ2) is 4.04. The zero-order valence-electron chi connectivity index (χ0n) is 8.69. The molecule has 2 aromatic rings. The van der Waals surface area contributed by atoms with Gasteiger partial charge in [0.1, 0.15) is 17.5 Å². The molecule has 0 aliphatic rings. The summed E-state index contributed by atoms with van der Waals surface area (Å²) in [5.74, 6) is 7.09. The molecule has 0 unspecified atom stereocenters. The highest BCUT2D eigenvalue weighted by atomic mass is 16.3. The van der Waals surface area contributed by atoms with E-state index in [2.05, 4.69) is 10.4 Å². The topological polar surface area (TPSA) is 87.9 Å². The largest absolute Gasteiger partial charge is 0.460 e. The molecule has 0 aliphatic heterocycles. The number of furan rings is 1. The first-order chi connectivity index (χ1) is 7.74. The molecule has 0 atom stereocenters. The predicted octanol–water partition coefficient (Wildman–Crippen LogP) is 1.81. The molecule has 80 valence electrons. The van der Waals surface area contributed by atoms with Crippen molar-refractivity contribution in [1.82, 2.24) is 4.98 Å². The highest BCUT2D eigenvalue weighted by Gasteiger charge is 2.08. The molecule has 0 saturated carbocycles. The lowest BCUT2D eigenvalue weighted by Gasteiger charge is -2.03. The number of aryl methyl sites for hydroxylation is 1. The van der Waals surface area contributed by atoms with Crippen molar-refractivity contribution >= 4 is 5.82 Å². The van der Waals surface area contributed by atoms with Gasteiger partial charge in [-0.2, -0.15) is 5.26 Å². The lowest BCUT2D eigenvalue weighted by atomic mass is 10.2. The second-order valence-corrected chi connectivity index (χ2v) is 3.26. The molecule has 16 heavy (non-hydrogen) atoms. The summed E-state index contributed by atoms with van der Waals surface area (Å²) in [6.45, 7) is 1.86. The molecule has 2 aromatic heterocycles. The van der Waals surface area contributed by atoms with E-state index in [1.54, 1.807) is 12.1 Å². The summed E-state index contributed by atoms with van der Waals surface area (Å²) in [7, 11) is 0. The molecule has 0 aliphatic carbocycles. The first kappa shape index (κ1) is 10.2. The maximum absolute atomic E-state index is 8.81. The van der Waals surface area contributed by atoms with E-state index >= 15 is 0 Å². The molecule has 0 fully saturated rings. The van der Waals surface area contributed by atoms with Crippen LogP contribution in [0.15, 0.2) is 28.7 Å². The fourth-order valence-corrected chi connectivity index (χ4v) is 1.37. The average molecular weight is 214 g/mol. The van der Waals surface area contributed by atoms with Crippen LogP contribution in [0, 0.1) is 18.3 Å². The van der Waals surface area contributed by atoms with Crippen LogP contribution in [0.4, 0.5) is 5.82 Å². The summed E-state index contributed by atoms with van der Waals surface area (Å²) in [5, 5.41) is 8.81. The summed E-state index contributed by atoms with van der Waals surface area (Å²) >= 11 is 0. The molecule has 0 aromatic carbocycles. The summed E-state index contributed by atoms with van der Waals surface area (Å²) in [4.78, 5) is 4.19. The molecule has 2 rings (SSSR count). The lowest BCUT2D eigenvalue weighted by molar-refractivity contribution is 0.546. The van der Waals surface area contributed by atoms with E-state index in [-0.39, 0.29) is 0 Å². The van der Waals surface area contributed by atoms with Crippen molar-refractivity contribution in [2.75, 3.05) is 5.43 Å². The molecule has 2 heterocycles. The van der Waals surface area contributed by atoms with E-state index in [9.17, 15) is 0 Å². The number of hydrogen-bond acceptors (Lipinski definition) is 5. The Labute approximate surface area is 92.5 Å². The summed E-state index contributed by atoms with van der Waals surface area (Å²) in [6, 6.07) is 9.04. The molecule has 5 heteroatoms. The molecule has 0 bridgehead atoms. The number of anilines is 1. The summed E-state index contributed by atoms with van der Waals surface area (Å²) in [6.07, 6.45) is 0. The monoisotopic (exact) mass is 214 g/mol. The lowest BCUT2D eigenvalue weighted by Crippen LogP contribution is -2.10. The van der Waals surface area contributed by atoms with Gasteiger partial charge in [0.25, 0.3) is 0 Å². The van der Waals surface area contributed by atoms with Crippen molar-refractivity contribution in [2.24, 2.45) is 5.84 Å². The molecule has 0 spiro atoms. The Morgan fingerprint density at radius 2 is 2.19 bits per heavy atom. The van der Waals surface area contributed by atoms with Crippen LogP contribution in [-0.2, 0) is 0 Å². The van der Waals surface area contributed by atoms with Gasteiger partial charge in [0.05, 0.1) is 5.56 Å². The molecule has 3 N–H and O–H groups in total. The number of nitrogen functional groups attached to an aromatic ring is 1. The van der Waals surface area contributed by atoms with Gasteiger partial charge in [-0.15, -0.1) is 0 Å². The van der Waals surface area contributed by atoms with Gasteiger partial charge in [-0.3, -0.25) is 0 Å². The number of nitrogens with one attached hydrogen (secondary N) is 1. The molecular weight excluding hydrogens is 204 g/mol. The fourth-order valence-electron chi connectivity index (χ4n) is 1.37. The number of hydrazine groups is 1.